The SMILES string of the molecule is O=C(NCCCCCCCCCCCCCCCCc1ccc(Oc2ccccc2)cc1)C(O)CO. The summed E-state index contributed by atoms with van der Waals surface area (Å²) in [5, 5.41) is 20.5. The summed E-state index contributed by atoms with van der Waals surface area (Å²) < 4.78 is 5.86. The lowest BCUT2D eigenvalue weighted by Crippen LogP contribution is -2.37. The van der Waals surface area contributed by atoms with Gasteiger partial charge in [-0.05, 0) is 49.1 Å². The average Bonchev–Trinajstić information content (AvgIpc) is 2.91. The van der Waals surface area contributed by atoms with Crippen molar-refractivity contribution in [3.8, 4) is 11.5 Å². The standard InChI is InChI=1S/C31H47NO4/c33-26-30(34)31(35)32-25-17-12-10-8-6-4-2-1-3-5-7-9-11-14-18-27-21-23-29(24-22-27)36-28-19-15-13-16-20-28/h13,15-16,19-24,30,33-34H,1-12,14,17-18,25-26H2,(H,32,35). The molecular formula is C31H47NO4. The summed E-state index contributed by atoms with van der Waals surface area (Å²) in [6.45, 7) is 0.0576. The molecule has 0 spiro atoms. The Bertz CT molecular complexity index is 794. The van der Waals surface area contributed by atoms with Gasteiger partial charge in [-0.3, -0.25) is 4.79 Å². The predicted molar refractivity (Wildman–Crippen MR) is 147 cm³/mol. The van der Waals surface area contributed by atoms with Gasteiger partial charge in [-0.2, -0.15) is 0 Å². The van der Waals surface area contributed by atoms with Gasteiger partial charge in [-0.15, -0.1) is 0 Å². The molecule has 36 heavy (non-hydrogen) atoms. The molecule has 1 atom stereocenters. The molecule has 2 rings (SSSR count). The topological polar surface area (TPSA) is 78.8 Å². The molecule has 0 aromatic heterocycles. The lowest BCUT2D eigenvalue weighted by molar-refractivity contribution is -0.131. The van der Waals surface area contributed by atoms with E-state index in [0.29, 0.717) is 6.54 Å². The van der Waals surface area contributed by atoms with Crippen LogP contribution in [-0.2, 0) is 11.2 Å². The van der Waals surface area contributed by atoms with Gasteiger partial charge in [-0.25, -0.2) is 0 Å². The smallest absolute Gasteiger partial charge is 0.251 e. The zero-order valence-electron chi connectivity index (χ0n) is 22.0. The molecule has 200 valence electrons. The number of ether oxygens (including phenoxy) is 1. The summed E-state index contributed by atoms with van der Waals surface area (Å²) in [7, 11) is 0. The Balaban J connectivity index is 1.32. The number of unbranched alkanes of at least 4 members (excludes halogenated alkanes) is 13. The van der Waals surface area contributed by atoms with Gasteiger partial charge in [0.15, 0.2) is 6.10 Å². The summed E-state index contributed by atoms with van der Waals surface area (Å²) in [6, 6.07) is 18.4. The van der Waals surface area contributed by atoms with Gasteiger partial charge in [-0.1, -0.05) is 107 Å². The van der Waals surface area contributed by atoms with Gasteiger partial charge in [0, 0.05) is 6.54 Å². The van der Waals surface area contributed by atoms with Crippen molar-refractivity contribution in [2.75, 3.05) is 13.2 Å². The molecule has 0 saturated carbocycles. The number of nitrogens with one attached hydrogen (secondary N) is 1. The fourth-order valence-corrected chi connectivity index (χ4v) is 4.34. The fourth-order valence-electron chi connectivity index (χ4n) is 4.34. The van der Waals surface area contributed by atoms with Crippen molar-refractivity contribution in [1.82, 2.24) is 5.32 Å². The maximum atomic E-state index is 11.3. The zero-order valence-corrected chi connectivity index (χ0v) is 22.0. The zero-order chi connectivity index (χ0) is 25.7. The summed E-state index contributed by atoms with van der Waals surface area (Å²) in [5.41, 5.74) is 1.39. The fraction of sp³-hybridized carbons (Fsp3) is 0.581. The highest BCUT2D eigenvalue weighted by atomic mass is 16.5. The highest BCUT2D eigenvalue weighted by Gasteiger charge is 2.11. The molecular weight excluding hydrogens is 450 g/mol. The van der Waals surface area contributed by atoms with E-state index in [1.54, 1.807) is 0 Å². The van der Waals surface area contributed by atoms with Crippen LogP contribution in [0.25, 0.3) is 0 Å². The van der Waals surface area contributed by atoms with Gasteiger partial charge in [0.1, 0.15) is 11.5 Å². The molecule has 0 aliphatic heterocycles. The van der Waals surface area contributed by atoms with Crippen molar-refractivity contribution < 1.29 is 19.7 Å². The predicted octanol–water partition coefficient (Wildman–Crippen LogP) is 6.95. The van der Waals surface area contributed by atoms with Gasteiger partial charge < -0.3 is 20.3 Å². The number of rotatable bonds is 21. The first-order chi connectivity index (χ1) is 17.7. The first-order valence-corrected chi connectivity index (χ1v) is 14.1. The van der Waals surface area contributed by atoms with E-state index in [2.05, 4.69) is 29.6 Å². The summed E-state index contributed by atoms with van der Waals surface area (Å²) in [4.78, 5) is 11.3. The van der Waals surface area contributed by atoms with Crippen molar-refractivity contribution in [3.63, 3.8) is 0 Å². The number of benzene rings is 2. The molecule has 0 aliphatic carbocycles. The van der Waals surface area contributed by atoms with Crippen LogP contribution in [0.2, 0.25) is 0 Å². The van der Waals surface area contributed by atoms with Crippen LogP contribution in [0.4, 0.5) is 0 Å². The monoisotopic (exact) mass is 497 g/mol. The molecule has 0 fully saturated rings. The Labute approximate surface area is 218 Å². The molecule has 0 aliphatic rings. The number of amides is 1. The molecule has 1 amide bonds. The largest absolute Gasteiger partial charge is 0.457 e. The Morgan fingerprint density at radius 1 is 0.667 bits per heavy atom. The summed E-state index contributed by atoms with van der Waals surface area (Å²) in [5.74, 6) is 1.29. The van der Waals surface area contributed by atoms with Gasteiger partial charge in [0.2, 0.25) is 0 Å². The van der Waals surface area contributed by atoms with Crippen LogP contribution >= 0.6 is 0 Å². The van der Waals surface area contributed by atoms with Crippen LogP contribution in [0.5, 0.6) is 11.5 Å². The van der Waals surface area contributed by atoms with E-state index in [0.717, 1.165) is 30.8 Å². The lowest BCUT2D eigenvalue weighted by Gasteiger charge is -2.08. The van der Waals surface area contributed by atoms with E-state index in [-0.39, 0.29) is 0 Å². The second-order valence-electron chi connectivity index (χ2n) is 9.75. The van der Waals surface area contributed by atoms with E-state index < -0.39 is 18.6 Å². The van der Waals surface area contributed by atoms with E-state index in [9.17, 15) is 4.79 Å². The van der Waals surface area contributed by atoms with Crippen molar-refractivity contribution >= 4 is 5.91 Å². The van der Waals surface area contributed by atoms with Crippen LogP contribution in [0.15, 0.2) is 54.6 Å². The third kappa shape index (κ3) is 14.3. The van der Waals surface area contributed by atoms with E-state index >= 15 is 0 Å². The lowest BCUT2D eigenvalue weighted by atomic mass is 10.0. The average molecular weight is 498 g/mol. The van der Waals surface area contributed by atoms with E-state index in [1.807, 2.05) is 30.3 Å². The highest BCUT2D eigenvalue weighted by molar-refractivity contribution is 5.80. The molecule has 3 N–H and O–H groups in total. The molecule has 1 unspecified atom stereocenters. The van der Waals surface area contributed by atoms with Crippen LogP contribution < -0.4 is 10.1 Å². The number of carbonyl (C=O) groups is 1. The van der Waals surface area contributed by atoms with Crippen LogP contribution in [-0.4, -0.2) is 35.4 Å². The number of aliphatic hydroxyl groups excluding tert-OH is 2. The molecule has 0 heterocycles. The first kappa shape index (κ1) is 29.9. The number of para-hydroxylation sites is 1. The van der Waals surface area contributed by atoms with Gasteiger partial charge >= 0.3 is 0 Å². The molecule has 0 bridgehead atoms. The van der Waals surface area contributed by atoms with E-state index in [4.69, 9.17) is 14.9 Å². The van der Waals surface area contributed by atoms with E-state index in [1.165, 1.54) is 82.6 Å². The number of hydrogen-bond acceptors (Lipinski definition) is 4. The van der Waals surface area contributed by atoms with Gasteiger partial charge in [0.05, 0.1) is 6.61 Å². The normalized spacial score (nSPS) is 11.8. The minimum atomic E-state index is -1.29. The summed E-state index contributed by atoms with van der Waals surface area (Å²) in [6.07, 6.45) is 17.7. The molecule has 5 heteroatoms. The maximum absolute atomic E-state index is 11.3. The van der Waals surface area contributed by atoms with Crippen molar-refractivity contribution in [2.45, 2.75) is 102 Å². The third-order valence-corrected chi connectivity index (χ3v) is 6.57. The minimum absolute atomic E-state index is 0.478. The molecule has 0 radical (unpaired) electrons. The van der Waals surface area contributed by atoms with Crippen molar-refractivity contribution in [2.24, 2.45) is 0 Å². The number of aliphatic hydroxyl groups is 2. The first-order valence-electron chi connectivity index (χ1n) is 14.1. The third-order valence-electron chi connectivity index (χ3n) is 6.57. The summed E-state index contributed by atoms with van der Waals surface area (Å²) >= 11 is 0. The molecule has 0 saturated heterocycles. The Morgan fingerprint density at radius 3 is 1.67 bits per heavy atom. The quantitative estimate of drug-likeness (QED) is 0.163. The second-order valence-corrected chi connectivity index (χ2v) is 9.75. The highest BCUT2D eigenvalue weighted by Crippen LogP contribution is 2.22. The minimum Gasteiger partial charge on any atom is -0.457 e. The number of carbonyl (C=O) groups excluding carboxylic acids is 1. The van der Waals surface area contributed by atoms with Gasteiger partial charge in [0.25, 0.3) is 5.91 Å². The molecule has 5 nitrogen and oxygen atoms in total. The molecule has 2 aromatic carbocycles. The molecule has 2 aromatic rings. The Kier molecular flexibility index (Phi) is 16.4. The van der Waals surface area contributed by atoms with Crippen LogP contribution in [0.1, 0.15) is 95.5 Å². The Morgan fingerprint density at radius 2 is 1.14 bits per heavy atom. The second kappa shape index (κ2) is 19.8. The number of hydrogen-bond donors (Lipinski definition) is 3. The van der Waals surface area contributed by atoms with Crippen molar-refractivity contribution in [3.05, 3.63) is 60.2 Å². The maximum Gasteiger partial charge on any atom is 0.251 e. The van der Waals surface area contributed by atoms with Crippen LogP contribution in [0.3, 0.4) is 0 Å². The Hall–Kier alpha value is -2.37. The van der Waals surface area contributed by atoms with Crippen LogP contribution in [0, 0.1) is 0 Å². The number of aryl methyl sites for hydroxylation is 1. The van der Waals surface area contributed by atoms with Crippen molar-refractivity contribution in [1.29, 1.82) is 0 Å².